The number of aliphatic carboxylic acids is 1. The smallest absolute Gasteiger partial charge is 0.364 e. The van der Waals surface area contributed by atoms with Crippen LogP contribution in [0.3, 0.4) is 0 Å². The second kappa shape index (κ2) is 6.67. The molecule has 0 saturated carbocycles. The minimum absolute atomic E-state index is 0.255. The highest BCUT2D eigenvalue weighted by molar-refractivity contribution is 6.33. The highest BCUT2D eigenvalue weighted by atomic mass is 35.5. The van der Waals surface area contributed by atoms with Gasteiger partial charge in [-0.05, 0) is 37.1 Å². The summed E-state index contributed by atoms with van der Waals surface area (Å²) in [4.78, 5) is 14.5. The van der Waals surface area contributed by atoms with Gasteiger partial charge in [-0.3, -0.25) is 0 Å². The first kappa shape index (κ1) is 14.7. The van der Waals surface area contributed by atoms with Crippen LogP contribution < -0.4 is 10.6 Å². The summed E-state index contributed by atoms with van der Waals surface area (Å²) in [5.41, 5.74) is 0.308. The van der Waals surface area contributed by atoms with Gasteiger partial charge in [0.05, 0.1) is 5.02 Å². The van der Waals surface area contributed by atoms with E-state index < -0.39 is 11.8 Å². The molecule has 1 aliphatic rings. The Bertz CT molecular complexity index is 530. The molecular weight excluding hydrogens is 285 g/mol. The van der Waals surface area contributed by atoms with Crippen molar-refractivity contribution in [2.24, 2.45) is 0 Å². The Morgan fingerprint density at radius 3 is 3.05 bits per heavy atom. The number of hydrogen-bond donors (Lipinski definition) is 3. The summed E-state index contributed by atoms with van der Waals surface area (Å²) in [6, 6.07) is 1.74. The summed E-state index contributed by atoms with van der Waals surface area (Å²) in [6.07, 6.45) is 4.38. The van der Waals surface area contributed by atoms with Crippen molar-refractivity contribution < 1.29 is 14.3 Å². The van der Waals surface area contributed by atoms with Gasteiger partial charge in [0.1, 0.15) is 5.82 Å². The van der Waals surface area contributed by atoms with Crippen molar-refractivity contribution in [3.8, 4) is 0 Å². The van der Waals surface area contributed by atoms with E-state index in [0.717, 1.165) is 32.0 Å². The average Bonchev–Trinajstić information content (AvgIpc) is 2.43. The van der Waals surface area contributed by atoms with Gasteiger partial charge in [0.25, 0.3) is 0 Å². The molecule has 1 saturated heterocycles. The number of halogens is 2. The van der Waals surface area contributed by atoms with E-state index in [-0.39, 0.29) is 6.04 Å². The highest BCUT2D eigenvalue weighted by Gasteiger charge is 2.15. The number of piperidine rings is 1. The van der Waals surface area contributed by atoms with Crippen molar-refractivity contribution in [3.63, 3.8) is 0 Å². The second-order valence-corrected chi connectivity index (χ2v) is 4.99. The third-order valence-electron chi connectivity index (χ3n) is 3.00. The van der Waals surface area contributed by atoms with Crippen LogP contribution in [0.25, 0.3) is 6.08 Å². The van der Waals surface area contributed by atoms with Crippen LogP contribution in [-0.2, 0) is 4.79 Å². The Hall–Kier alpha value is -1.66. The number of nitrogens with one attached hydrogen (secondary N) is 2. The lowest BCUT2D eigenvalue weighted by Gasteiger charge is -2.24. The van der Waals surface area contributed by atoms with Gasteiger partial charge in [0.2, 0.25) is 5.83 Å². The van der Waals surface area contributed by atoms with E-state index in [1.807, 2.05) is 0 Å². The van der Waals surface area contributed by atoms with Crippen LogP contribution >= 0.6 is 11.6 Å². The van der Waals surface area contributed by atoms with Crippen molar-refractivity contribution in [1.82, 2.24) is 10.3 Å². The van der Waals surface area contributed by atoms with Crippen molar-refractivity contribution >= 4 is 29.5 Å². The standard InChI is InChI=1S/C13H15ClFN3O2/c14-10-4-8(5-11(15)13(19)20)6-17-12(10)18-9-2-1-3-16-7-9/h4-6,9,16H,1-3,7H2,(H,17,18)(H,19,20)/b11-5-/t9-/m1/s1. The van der Waals surface area contributed by atoms with Crippen molar-refractivity contribution in [2.45, 2.75) is 18.9 Å². The molecule has 0 unspecified atom stereocenters. The number of nitrogens with zero attached hydrogens (tertiary/aromatic N) is 1. The Labute approximate surface area is 120 Å². The van der Waals surface area contributed by atoms with Crippen molar-refractivity contribution in [3.05, 3.63) is 28.7 Å². The Kier molecular flexibility index (Phi) is 4.92. The Morgan fingerprint density at radius 1 is 1.65 bits per heavy atom. The van der Waals surface area contributed by atoms with Crippen LogP contribution in [0, 0.1) is 0 Å². The number of carbonyl (C=O) groups is 1. The van der Waals surface area contributed by atoms with E-state index in [0.29, 0.717) is 16.4 Å². The molecule has 0 radical (unpaired) electrons. The predicted molar refractivity (Wildman–Crippen MR) is 75.5 cm³/mol. The third-order valence-corrected chi connectivity index (χ3v) is 3.29. The first-order chi connectivity index (χ1) is 9.56. The van der Waals surface area contributed by atoms with Gasteiger partial charge in [-0.1, -0.05) is 11.6 Å². The SMILES string of the molecule is O=C(O)/C(F)=C/c1cnc(N[C@@H]2CCCNC2)c(Cl)c1. The lowest BCUT2D eigenvalue weighted by atomic mass is 10.1. The molecule has 2 rings (SSSR count). The highest BCUT2D eigenvalue weighted by Crippen LogP contribution is 2.23. The molecule has 1 aromatic rings. The fourth-order valence-electron chi connectivity index (χ4n) is 2.01. The number of hydrogen-bond acceptors (Lipinski definition) is 4. The van der Waals surface area contributed by atoms with Crippen molar-refractivity contribution in [2.75, 3.05) is 18.4 Å². The van der Waals surface area contributed by atoms with Gasteiger partial charge in [-0.2, -0.15) is 4.39 Å². The molecular formula is C13H15ClFN3O2. The summed E-state index contributed by atoms with van der Waals surface area (Å²) in [5, 5.41) is 15.3. The second-order valence-electron chi connectivity index (χ2n) is 4.58. The molecule has 0 amide bonds. The predicted octanol–water partition coefficient (Wildman–Crippen LogP) is 2.29. The zero-order chi connectivity index (χ0) is 14.5. The van der Waals surface area contributed by atoms with Gasteiger partial charge in [0, 0.05) is 18.8 Å². The number of carboxylic acid groups (broad SMARTS) is 1. The monoisotopic (exact) mass is 299 g/mol. The summed E-state index contributed by atoms with van der Waals surface area (Å²) in [6.45, 7) is 1.85. The van der Waals surface area contributed by atoms with Crippen LogP contribution in [0.1, 0.15) is 18.4 Å². The number of carboxylic acids is 1. The van der Waals surface area contributed by atoms with E-state index in [1.165, 1.54) is 12.3 Å². The van der Waals surface area contributed by atoms with Crippen molar-refractivity contribution in [1.29, 1.82) is 0 Å². The Morgan fingerprint density at radius 2 is 2.45 bits per heavy atom. The van der Waals surface area contributed by atoms with E-state index in [9.17, 15) is 9.18 Å². The van der Waals surface area contributed by atoms with E-state index in [1.54, 1.807) is 0 Å². The van der Waals surface area contributed by atoms with Gasteiger partial charge in [-0.15, -0.1) is 0 Å². The number of rotatable bonds is 4. The van der Waals surface area contributed by atoms with Gasteiger partial charge >= 0.3 is 5.97 Å². The van der Waals surface area contributed by atoms with Gasteiger partial charge in [-0.25, -0.2) is 9.78 Å². The number of aromatic nitrogens is 1. The normalized spacial score (nSPS) is 19.7. The maximum Gasteiger partial charge on any atom is 0.364 e. The van der Waals surface area contributed by atoms with Crippen LogP contribution in [0.15, 0.2) is 18.1 Å². The molecule has 0 bridgehead atoms. The summed E-state index contributed by atoms with van der Waals surface area (Å²) >= 11 is 6.07. The summed E-state index contributed by atoms with van der Waals surface area (Å²) in [5.74, 6) is -2.34. The zero-order valence-corrected chi connectivity index (χ0v) is 11.5. The molecule has 1 aliphatic heterocycles. The topological polar surface area (TPSA) is 74.2 Å². The number of pyridine rings is 1. The molecule has 3 N–H and O–H groups in total. The largest absolute Gasteiger partial charge is 0.476 e. The molecule has 0 spiro atoms. The number of anilines is 1. The maximum atomic E-state index is 13.0. The lowest BCUT2D eigenvalue weighted by molar-refractivity contribution is -0.134. The molecule has 5 nitrogen and oxygen atoms in total. The molecule has 7 heteroatoms. The van der Waals surface area contributed by atoms with E-state index in [2.05, 4.69) is 15.6 Å². The first-order valence-electron chi connectivity index (χ1n) is 6.29. The van der Waals surface area contributed by atoms with E-state index >= 15 is 0 Å². The fourth-order valence-corrected chi connectivity index (χ4v) is 2.24. The third kappa shape index (κ3) is 3.91. The van der Waals surface area contributed by atoms with Crippen LogP contribution in [-0.4, -0.2) is 35.2 Å². The minimum Gasteiger partial charge on any atom is -0.476 e. The molecule has 0 aromatic carbocycles. The molecule has 0 aliphatic carbocycles. The average molecular weight is 300 g/mol. The molecule has 20 heavy (non-hydrogen) atoms. The maximum absolute atomic E-state index is 13.0. The quantitative estimate of drug-likeness (QED) is 0.744. The van der Waals surface area contributed by atoms with Crippen LogP contribution in [0.2, 0.25) is 5.02 Å². The van der Waals surface area contributed by atoms with Gasteiger partial charge < -0.3 is 15.7 Å². The summed E-state index contributed by atoms with van der Waals surface area (Å²) in [7, 11) is 0. The molecule has 108 valence electrons. The molecule has 1 fully saturated rings. The molecule has 2 heterocycles. The lowest BCUT2D eigenvalue weighted by Crippen LogP contribution is -2.38. The molecule has 1 atom stereocenters. The first-order valence-corrected chi connectivity index (χ1v) is 6.67. The summed E-state index contributed by atoms with van der Waals surface area (Å²) < 4.78 is 13.0. The fraction of sp³-hybridized carbons (Fsp3) is 0.385. The molecule has 1 aromatic heterocycles. The Balaban J connectivity index is 2.09. The minimum atomic E-state index is -1.61. The van der Waals surface area contributed by atoms with Gasteiger partial charge in [0.15, 0.2) is 0 Å². The van der Waals surface area contributed by atoms with Crippen LogP contribution in [0.5, 0.6) is 0 Å². The van der Waals surface area contributed by atoms with E-state index in [4.69, 9.17) is 16.7 Å². The zero-order valence-electron chi connectivity index (χ0n) is 10.7. The van der Waals surface area contributed by atoms with Crippen LogP contribution in [0.4, 0.5) is 10.2 Å².